The quantitative estimate of drug-likeness (QED) is 0.518. The summed E-state index contributed by atoms with van der Waals surface area (Å²) in [6, 6.07) is 1.72. The van der Waals surface area contributed by atoms with Gasteiger partial charge in [-0.1, -0.05) is 51.9 Å². The first-order valence-corrected chi connectivity index (χ1v) is 8.29. The van der Waals surface area contributed by atoms with Crippen molar-refractivity contribution in [2.24, 2.45) is 7.05 Å². The fourth-order valence-electron chi connectivity index (χ4n) is 2.76. The largest absolute Gasteiger partial charge is 0.478 e. The normalized spacial score (nSPS) is 10.8. The predicted octanol–water partition coefficient (Wildman–Crippen LogP) is 4.20. The maximum absolute atomic E-state index is 11.3. The van der Waals surface area contributed by atoms with E-state index >= 15 is 0 Å². The number of rotatable bonds is 10. The molecule has 0 saturated carbocycles. The lowest BCUT2D eigenvalue weighted by Gasteiger charge is -2.08. The van der Waals surface area contributed by atoms with Crippen molar-refractivity contribution in [3.8, 4) is 0 Å². The van der Waals surface area contributed by atoms with E-state index in [2.05, 4.69) is 6.92 Å². The van der Waals surface area contributed by atoms with Crippen LogP contribution in [-0.4, -0.2) is 11.1 Å². The number of hydrogen-bond acceptors (Lipinski definition) is 1. The third-order valence-corrected chi connectivity index (χ3v) is 4.27. The fraction of sp³-hybridized carbons (Fsp3) is 0.667. The van der Waals surface area contributed by atoms with E-state index in [0.717, 1.165) is 24.1 Å². The van der Waals surface area contributed by atoms with Crippen molar-refractivity contribution in [2.75, 3.05) is 0 Å². The number of pyridine rings is 1. The highest BCUT2D eigenvalue weighted by molar-refractivity contribution is 5.89. The summed E-state index contributed by atoms with van der Waals surface area (Å²) in [6.07, 6.45) is 12.9. The van der Waals surface area contributed by atoms with Crippen LogP contribution in [0.2, 0.25) is 0 Å². The zero-order chi connectivity index (χ0) is 15.7. The Morgan fingerprint density at radius 2 is 1.67 bits per heavy atom. The van der Waals surface area contributed by atoms with Crippen molar-refractivity contribution in [1.82, 2.24) is 0 Å². The van der Waals surface area contributed by atoms with Gasteiger partial charge in [0.25, 0.3) is 0 Å². The maximum Gasteiger partial charge on any atom is 0.336 e. The minimum absolute atomic E-state index is 0.466. The third kappa shape index (κ3) is 5.86. The molecule has 0 aliphatic heterocycles. The van der Waals surface area contributed by atoms with Crippen molar-refractivity contribution < 1.29 is 14.5 Å². The highest BCUT2D eigenvalue weighted by Crippen LogP contribution is 2.16. The lowest BCUT2D eigenvalue weighted by Crippen LogP contribution is -2.33. The number of hydrogen-bond donors (Lipinski definition) is 1. The van der Waals surface area contributed by atoms with Gasteiger partial charge in [0, 0.05) is 18.6 Å². The highest BCUT2D eigenvalue weighted by Gasteiger charge is 2.17. The van der Waals surface area contributed by atoms with E-state index in [1.165, 1.54) is 44.9 Å². The molecule has 0 aliphatic rings. The van der Waals surface area contributed by atoms with Crippen molar-refractivity contribution in [3.63, 3.8) is 0 Å². The summed E-state index contributed by atoms with van der Waals surface area (Å²) in [5, 5.41) is 9.29. The number of aromatic carboxylic acids is 1. The average Bonchev–Trinajstić information content (AvgIpc) is 2.45. The summed E-state index contributed by atoms with van der Waals surface area (Å²) in [4.78, 5) is 11.3. The molecule has 1 rings (SSSR count). The van der Waals surface area contributed by atoms with Crippen LogP contribution in [0.1, 0.15) is 79.9 Å². The Hall–Kier alpha value is -1.38. The van der Waals surface area contributed by atoms with E-state index in [9.17, 15) is 9.90 Å². The Kier molecular flexibility index (Phi) is 8.03. The Morgan fingerprint density at radius 3 is 2.24 bits per heavy atom. The fourth-order valence-corrected chi connectivity index (χ4v) is 2.76. The lowest BCUT2D eigenvalue weighted by molar-refractivity contribution is -0.678. The van der Waals surface area contributed by atoms with Gasteiger partial charge in [-0.05, 0) is 12.8 Å². The molecule has 3 heteroatoms. The molecular weight excluding hydrogens is 262 g/mol. The van der Waals surface area contributed by atoms with Gasteiger partial charge >= 0.3 is 5.97 Å². The molecule has 21 heavy (non-hydrogen) atoms. The molecule has 118 valence electrons. The summed E-state index contributed by atoms with van der Waals surface area (Å²) in [5.74, 6) is -0.812. The van der Waals surface area contributed by atoms with Gasteiger partial charge in [0.2, 0.25) is 0 Å². The highest BCUT2D eigenvalue weighted by atomic mass is 16.4. The van der Waals surface area contributed by atoms with Crippen molar-refractivity contribution in [1.29, 1.82) is 0 Å². The van der Waals surface area contributed by atoms with Crippen LogP contribution in [0.15, 0.2) is 12.3 Å². The molecule has 0 radical (unpaired) electrons. The van der Waals surface area contributed by atoms with Gasteiger partial charge in [0.1, 0.15) is 7.05 Å². The van der Waals surface area contributed by atoms with Crippen molar-refractivity contribution >= 4 is 5.97 Å². The second-order valence-electron chi connectivity index (χ2n) is 5.93. The van der Waals surface area contributed by atoms with E-state index in [-0.39, 0.29) is 0 Å². The van der Waals surface area contributed by atoms with E-state index in [0.29, 0.717) is 5.56 Å². The zero-order valence-electron chi connectivity index (χ0n) is 13.8. The molecule has 1 aromatic heterocycles. The van der Waals surface area contributed by atoms with E-state index in [1.54, 1.807) is 6.07 Å². The molecule has 0 bridgehead atoms. The second-order valence-corrected chi connectivity index (χ2v) is 5.93. The Bertz CT molecular complexity index is 455. The van der Waals surface area contributed by atoms with E-state index in [1.807, 2.05) is 24.7 Å². The number of carboxylic acids is 1. The summed E-state index contributed by atoms with van der Waals surface area (Å²) in [6.45, 7) is 4.24. The van der Waals surface area contributed by atoms with Crippen LogP contribution in [0.3, 0.4) is 0 Å². The number of carbonyl (C=O) groups is 1. The van der Waals surface area contributed by atoms with E-state index in [4.69, 9.17) is 0 Å². The molecule has 0 spiro atoms. The molecule has 1 aromatic rings. The van der Waals surface area contributed by atoms with Crippen LogP contribution >= 0.6 is 0 Å². The van der Waals surface area contributed by atoms with Gasteiger partial charge < -0.3 is 5.11 Å². The molecule has 1 N–H and O–H groups in total. The number of aromatic nitrogens is 1. The monoisotopic (exact) mass is 292 g/mol. The van der Waals surface area contributed by atoms with Crippen molar-refractivity contribution in [2.45, 2.75) is 71.6 Å². The number of nitrogens with zero attached hydrogens (tertiary/aromatic N) is 1. The molecule has 0 aliphatic carbocycles. The van der Waals surface area contributed by atoms with Crippen LogP contribution in [0.25, 0.3) is 0 Å². The minimum atomic E-state index is -0.812. The van der Waals surface area contributed by atoms with Gasteiger partial charge in [-0.25, -0.2) is 9.36 Å². The first-order valence-electron chi connectivity index (χ1n) is 8.29. The summed E-state index contributed by atoms with van der Waals surface area (Å²) in [5.41, 5.74) is 2.53. The summed E-state index contributed by atoms with van der Waals surface area (Å²) >= 11 is 0. The molecule has 3 nitrogen and oxygen atoms in total. The van der Waals surface area contributed by atoms with Gasteiger partial charge in [-0.3, -0.25) is 0 Å². The molecule has 0 aromatic carbocycles. The SMILES string of the molecule is CCCCCCCCCCc1c(C(=O)O)cc[n+](C)c1C. The van der Waals surface area contributed by atoms with Crippen LogP contribution < -0.4 is 4.57 Å². The van der Waals surface area contributed by atoms with Crippen molar-refractivity contribution in [3.05, 3.63) is 29.1 Å². The first-order chi connectivity index (χ1) is 10.1. The third-order valence-electron chi connectivity index (χ3n) is 4.27. The van der Waals surface area contributed by atoms with Crippen LogP contribution in [0, 0.1) is 6.92 Å². The van der Waals surface area contributed by atoms with E-state index < -0.39 is 5.97 Å². The first kappa shape index (κ1) is 17.7. The molecule has 0 saturated heterocycles. The zero-order valence-corrected chi connectivity index (χ0v) is 13.8. The van der Waals surface area contributed by atoms with Gasteiger partial charge in [-0.2, -0.15) is 0 Å². The molecule has 0 atom stereocenters. The van der Waals surface area contributed by atoms with Gasteiger partial charge in [0.15, 0.2) is 11.9 Å². The Morgan fingerprint density at radius 1 is 1.10 bits per heavy atom. The standard InChI is InChI=1S/C18H29NO2/c1-4-5-6-7-8-9-10-11-12-16-15(2)19(3)14-13-17(16)18(20)21/h13-14H,4-12H2,1-3H3/p+1. The second kappa shape index (κ2) is 9.54. The molecule has 0 fully saturated rings. The van der Waals surface area contributed by atoms with Crippen LogP contribution in [0.5, 0.6) is 0 Å². The van der Waals surface area contributed by atoms with Crippen LogP contribution in [0.4, 0.5) is 0 Å². The Labute approximate surface area is 129 Å². The lowest BCUT2D eigenvalue weighted by atomic mass is 9.99. The summed E-state index contributed by atoms with van der Waals surface area (Å²) in [7, 11) is 1.97. The number of carboxylic acid groups (broad SMARTS) is 1. The average molecular weight is 292 g/mol. The molecular formula is C18H30NO2+. The Balaban J connectivity index is 2.41. The summed E-state index contributed by atoms with van der Waals surface area (Å²) < 4.78 is 2.01. The predicted molar refractivity (Wildman–Crippen MR) is 85.6 cm³/mol. The minimum Gasteiger partial charge on any atom is -0.478 e. The molecule has 1 heterocycles. The van der Waals surface area contributed by atoms with Crippen LogP contribution in [-0.2, 0) is 13.5 Å². The molecule has 0 unspecified atom stereocenters. The van der Waals surface area contributed by atoms with Gasteiger partial charge in [-0.15, -0.1) is 0 Å². The smallest absolute Gasteiger partial charge is 0.336 e. The number of aryl methyl sites for hydroxylation is 1. The number of unbranched alkanes of at least 4 members (excludes halogenated alkanes) is 7. The topological polar surface area (TPSA) is 41.2 Å². The van der Waals surface area contributed by atoms with Gasteiger partial charge in [0.05, 0.1) is 5.56 Å². The maximum atomic E-state index is 11.3. The molecule has 0 amide bonds.